The Labute approximate surface area is 196 Å². The summed E-state index contributed by atoms with van der Waals surface area (Å²) >= 11 is 3.62. The van der Waals surface area contributed by atoms with Crippen LogP contribution in [-0.4, -0.2) is 54.7 Å². The van der Waals surface area contributed by atoms with Crippen LogP contribution in [0.25, 0.3) is 0 Å². The van der Waals surface area contributed by atoms with Gasteiger partial charge in [-0.2, -0.15) is 5.26 Å². The van der Waals surface area contributed by atoms with Gasteiger partial charge < -0.3 is 19.3 Å². The van der Waals surface area contributed by atoms with E-state index >= 15 is 0 Å². The van der Waals surface area contributed by atoms with Crippen molar-refractivity contribution in [3.63, 3.8) is 0 Å². The topological polar surface area (TPSA) is 78.7 Å². The van der Waals surface area contributed by atoms with Crippen molar-refractivity contribution in [2.24, 2.45) is 0 Å². The number of nitriles is 1. The lowest BCUT2D eigenvalue weighted by Gasteiger charge is -2.41. The number of hydrogen-bond acceptors (Lipinski definition) is 6. The van der Waals surface area contributed by atoms with E-state index in [-0.39, 0.29) is 24.6 Å². The molecule has 2 bridgehead atoms. The molecule has 0 N–H and O–H groups in total. The number of likely N-dealkylation sites (tertiary alicyclic amines) is 1. The van der Waals surface area contributed by atoms with Gasteiger partial charge in [0.15, 0.2) is 0 Å². The number of aromatic nitrogens is 1. The summed E-state index contributed by atoms with van der Waals surface area (Å²) < 4.78 is 12.6. The van der Waals surface area contributed by atoms with E-state index in [1.165, 1.54) is 0 Å². The Balaban J connectivity index is 1.23. The Morgan fingerprint density at radius 1 is 1.25 bits per heavy atom. The molecule has 1 aromatic carbocycles. The number of hydrogen-bond donors (Lipinski definition) is 0. The molecule has 8 heteroatoms. The number of carbonyl (C=O) groups excluding carboxylic acids is 1. The first-order valence-corrected chi connectivity index (χ1v) is 11.7. The van der Waals surface area contributed by atoms with E-state index < -0.39 is 5.60 Å². The van der Waals surface area contributed by atoms with E-state index in [0.29, 0.717) is 18.7 Å². The second-order valence-electron chi connectivity index (χ2n) is 8.74. The third-order valence-corrected chi connectivity index (χ3v) is 7.51. The van der Waals surface area contributed by atoms with Crippen molar-refractivity contribution in [2.45, 2.75) is 43.4 Å². The number of pyridine rings is 1. The van der Waals surface area contributed by atoms with Gasteiger partial charge in [-0.1, -0.05) is 15.9 Å². The molecular weight excluding hydrogens is 472 g/mol. The van der Waals surface area contributed by atoms with Crippen LogP contribution >= 0.6 is 15.9 Å². The average Bonchev–Trinajstić information content (AvgIpc) is 3.57. The maximum absolute atomic E-state index is 13.1. The van der Waals surface area contributed by atoms with Crippen LogP contribution in [0.3, 0.4) is 0 Å². The number of fused-ring (bicyclic) bond motifs is 2. The van der Waals surface area contributed by atoms with Crippen LogP contribution in [0.4, 0.5) is 5.82 Å². The first kappa shape index (κ1) is 21.2. The summed E-state index contributed by atoms with van der Waals surface area (Å²) in [7, 11) is 1.65. The minimum absolute atomic E-state index is 0.0413. The molecule has 2 unspecified atom stereocenters. The van der Waals surface area contributed by atoms with Crippen LogP contribution in [0.15, 0.2) is 41.0 Å². The number of carbonyl (C=O) groups is 1. The normalized spacial score (nSPS) is 23.0. The minimum atomic E-state index is -0.407. The summed E-state index contributed by atoms with van der Waals surface area (Å²) in [6.07, 6.45) is 5.49. The standard InChI is InChI=1S/C24H25BrN4O3/c1-31-19-5-6-21(25)20(10-19)24(8-9-24)32-15-23(30)28-13-17-3-4-18(14-28)29(17)22-7-2-16(11-26)12-27-22/h2,5-7,10,12,17-18H,3-4,8-9,13-15H2,1H3. The fraction of sp³-hybridized carbons (Fsp3) is 0.458. The molecule has 1 saturated carbocycles. The zero-order valence-electron chi connectivity index (χ0n) is 18.0. The number of benzene rings is 1. The Morgan fingerprint density at radius 2 is 2.00 bits per heavy atom. The van der Waals surface area contributed by atoms with Gasteiger partial charge in [0, 0.05) is 41.4 Å². The third kappa shape index (κ3) is 3.84. The van der Waals surface area contributed by atoms with Gasteiger partial charge in [-0.25, -0.2) is 4.98 Å². The highest BCUT2D eigenvalue weighted by molar-refractivity contribution is 9.10. The number of piperazine rings is 1. The highest BCUT2D eigenvalue weighted by Gasteiger charge is 2.48. The van der Waals surface area contributed by atoms with Gasteiger partial charge >= 0.3 is 0 Å². The predicted molar refractivity (Wildman–Crippen MR) is 122 cm³/mol. The van der Waals surface area contributed by atoms with Crippen LogP contribution in [0, 0.1) is 11.3 Å². The summed E-state index contributed by atoms with van der Waals surface area (Å²) in [5.74, 6) is 1.72. The quantitative estimate of drug-likeness (QED) is 0.607. The average molecular weight is 497 g/mol. The maximum Gasteiger partial charge on any atom is 0.248 e. The SMILES string of the molecule is COc1ccc(Br)c(C2(OCC(=O)N3CC4CCC(C3)N4c3ccc(C#N)cn3)CC2)c1. The molecule has 2 atom stereocenters. The first-order valence-electron chi connectivity index (χ1n) is 10.9. The molecule has 32 heavy (non-hydrogen) atoms. The Bertz CT molecular complexity index is 1050. The van der Waals surface area contributed by atoms with Gasteiger partial charge in [-0.3, -0.25) is 4.79 Å². The fourth-order valence-electron chi connectivity index (χ4n) is 4.96. The number of anilines is 1. The lowest BCUT2D eigenvalue weighted by molar-refractivity contribution is -0.140. The van der Waals surface area contributed by atoms with Crippen LogP contribution in [-0.2, 0) is 15.1 Å². The highest BCUT2D eigenvalue weighted by Crippen LogP contribution is 2.52. The fourth-order valence-corrected chi connectivity index (χ4v) is 5.57. The van der Waals surface area contributed by atoms with E-state index in [2.05, 4.69) is 31.9 Å². The molecular formula is C24H25BrN4O3. The third-order valence-electron chi connectivity index (χ3n) is 6.82. The van der Waals surface area contributed by atoms with Gasteiger partial charge in [0.25, 0.3) is 0 Å². The molecule has 2 aliphatic heterocycles. The minimum Gasteiger partial charge on any atom is -0.497 e. The Hall–Kier alpha value is -2.63. The number of amides is 1. The zero-order chi connectivity index (χ0) is 22.3. The largest absolute Gasteiger partial charge is 0.497 e. The summed E-state index contributed by atoms with van der Waals surface area (Å²) in [6, 6.07) is 12.2. The molecule has 7 nitrogen and oxygen atoms in total. The molecule has 3 fully saturated rings. The van der Waals surface area contributed by atoms with Gasteiger partial charge in [-0.15, -0.1) is 0 Å². The number of nitrogens with zero attached hydrogens (tertiary/aromatic N) is 4. The maximum atomic E-state index is 13.1. The van der Waals surface area contributed by atoms with Crippen molar-refractivity contribution in [3.8, 4) is 11.8 Å². The van der Waals surface area contributed by atoms with Gasteiger partial charge in [-0.05, 0) is 56.0 Å². The van der Waals surface area contributed by atoms with E-state index in [1.54, 1.807) is 19.4 Å². The molecule has 1 amide bonds. The molecule has 0 spiro atoms. The Morgan fingerprint density at radius 3 is 2.59 bits per heavy atom. The molecule has 0 radical (unpaired) electrons. The van der Waals surface area contributed by atoms with E-state index in [4.69, 9.17) is 14.7 Å². The van der Waals surface area contributed by atoms with Crippen molar-refractivity contribution >= 4 is 27.7 Å². The molecule has 3 aliphatic rings. The number of methoxy groups -OCH3 is 1. The predicted octanol–water partition coefficient (Wildman–Crippen LogP) is 3.61. The highest BCUT2D eigenvalue weighted by atomic mass is 79.9. The second-order valence-corrected chi connectivity index (χ2v) is 9.59. The van der Waals surface area contributed by atoms with Crippen molar-refractivity contribution in [3.05, 3.63) is 52.1 Å². The number of halogens is 1. The smallest absolute Gasteiger partial charge is 0.248 e. The Kier molecular flexibility index (Phi) is 5.56. The first-order chi connectivity index (χ1) is 15.5. The van der Waals surface area contributed by atoms with Crippen molar-refractivity contribution in [1.29, 1.82) is 5.26 Å². The van der Waals surface area contributed by atoms with Gasteiger partial charge in [0.05, 0.1) is 18.3 Å². The summed E-state index contributed by atoms with van der Waals surface area (Å²) in [5.41, 5.74) is 1.20. The van der Waals surface area contributed by atoms with Crippen LogP contribution < -0.4 is 9.64 Å². The van der Waals surface area contributed by atoms with Gasteiger partial charge in [0.1, 0.15) is 24.2 Å². The van der Waals surface area contributed by atoms with Crippen molar-refractivity contribution in [1.82, 2.24) is 9.88 Å². The molecule has 2 saturated heterocycles. The van der Waals surface area contributed by atoms with Crippen molar-refractivity contribution in [2.75, 3.05) is 31.7 Å². The molecule has 166 valence electrons. The van der Waals surface area contributed by atoms with E-state index in [0.717, 1.165) is 47.3 Å². The van der Waals surface area contributed by atoms with Crippen LogP contribution in [0.1, 0.15) is 36.8 Å². The molecule has 1 aromatic heterocycles. The number of rotatable bonds is 6. The summed E-state index contributed by atoms with van der Waals surface area (Å²) in [6.45, 7) is 1.44. The molecule has 5 rings (SSSR count). The lowest BCUT2D eigenvalue weighted by Crippen LogP contribution is -2.56. The molecule has 1 aliphatic carbocycles. The van der Waals surface area contributed by atoms with Crippen LogP contribution in [0.2, 0.25) is 0 Å². The van der Waals surface area contributed by atoms with E-state index in [1.807, 2.05) is 29.2 Å². The lowest BCUT2D eigenvalue weighted by atomic mass is 10.1. The number of ether oxygens (including phenoxy) is 2. The summed E-state index contributed by atoms with van der Waals surface area (Å²) in [5, 5.41) is 9.01. The zero-order valence-corrected chi connectivity index (χ0v) is 19.5. The summed E-state index contributed by atoms with van der Waals surface area (Å²) in [4.78, 5) is 21.8. The molecule has 3 heterocycles. The van der Waals surface area contributed by atoms with Crippen LogP contribution in [0.5, 0.6) is 5.75 Å². The van der Waals surface area contributed by atoms with E-state index in [9.17, 15) is 4.79 Å². The van der Waals surface area contributed by atoms with Crippen molar-refractivity contribution < 1.29 is 14.3 Å². The van der Waals surface area contributed by atoms with Gasteiger partial charge in [0.2, 0.25) is 5.91 Å². The second kappa shape index (κ2) is 8.38. The molecule has 2 aromatic rings. The monoisotopic (exact) mass is 496 g/mol.